The molecule has 2 unspecified atom stereocenters. The highest BCUT2D eigenvalue weighted by Crippen LogP contribution is 2.23. The largest absolute Gasteiger partial charge is 0.702 e. The smallest absolute Gasteiger partial charge is 0.374 e. The van der Waals surface area contributed by atoms with E-state index in [4.69, 9.17) is 39.8 Å². The summed E-state index contributed by atoms with van der Waals surface area (Å²) in [6, 6.07) is 19.3. The fourth-order valence-corrected chi connectivity index (χ4v) is 3.01. The molecule has 12 heteroatoms. The van der Waals surface area contributed by atoms with Gasteiger partial charge in [-0.1, -0.05) is 69.7 Å². The van der Waals surface area contributed by atoms with Gasteiger partial charge in [0.2, 0.25) is 13.6 Å². The van der Waals surface area contributed by atoms with Gasteiger partial charge in [-0.3, -0.25) is 0 Å². The Labute approximate surface area is 200 Å². The highest BCUT2D eigenvalue weighted by Gasteiger charge is 2.23. The lowest BCUT2D eigenvalue weighted by molar-refractivity contribution is -0.117. The second kappa shape index (κ2) is 18.5. The Morgan fingerprint density at radius 1 is 0.647 bits per heavy atom. The predicted octanol–water partition coefficient (Wildman–Crippen LogP) is 2.58. The van der Waals surface area contributed by atoms with Gasteiger partial charge >= 0.3 is 8.25 Å². The van der Waals surface area contributed by atoms with Crippen molar-refractivity contribution in [3.05, 3.63) is 71.8 Å². The van der Waals surface area contributed by atoms with E-state index >= 15 is 0 Å². The molecule has 2 atom stereocenters. The highest BCUT2D eigenvalue weighted by atomic mass is 31.1. The molecule has 2 rings (SSSR count). The predicted molar refractivity (Wildman–Crippen MR) is 122 cm³/mol. The van der Waals surface area contributed by atoms with Crippen LogP contribution in [0.3, 0.4) is 0 Å². The zero-order valence-corrected chi connectivity index (χ0v) is 19.8. The van der Waals surface area contributed by atoms with E-state index in [0.29, 0.717) is 13.2 Å². The van der Waals surface area contributed by atoms with Crippen LogP contribution in [0.15, 0.2) is 60.7 Å². The van der Waals surface area contributed by atoms with Crippen molar-refractivity contribution in [2.75, 3.05) is 40.0 Å². The highest BCUT2D eigenvalue weighted by molar-refractivity contribution is 7.33. The molecule has 2 aromatic carbocycles. The Morgan fingerprint density at radius 2 is 1.06 bits per heavy atom. The molecule has 0 aromatic heterocycles. The Morgan fingerprint density at radius 3 is 1.44 bits per heavy atom. The Bertz CT molecular complexity index is 710. The summed E-state index contributed by atoms with van der Waals surface area (Å²) in [6.07, 6.45) is -1.03. The molecular formula is C22H32N2O9P+. The zero-order valence-electron chi connectivity index (χ0n) is 18.9. The van der Waals surface area contributed by atoms with E-state index in [2.05, 4.69) is 9.68 Å². The first-order valence-electron chi connectivity index (χ1n) is 10.5. The number of rotatable bonds is 20. The van der Waals surface area contributed by atoms with Crippen LogP contribution in [-0.2, 0) is 55.4 Å². The molecule has 0 heterocycles. The fraction of sp³-hybridized carbons (Fsp3) is 0.455. The summed E-state index contributed by atoms with van der Waals surface area (Å²) in [7, 11) is -2.48. The molecule has 0 saturated carbocycles. The average molecular weight is 499 g/mol. The van der Waals surface area contributed by atoms with Gasteiger partial charge in [-0.25, -0.2) is 11.8 Å². The lowest BCUT2D eigenvalue weighted by Gasteiger charge is -2.15. The van der Waals surface area contributed by atoms with Crippen LogP contribution in [0, 0.1) is 0 Å². The molecule has 0 aliphatic rings. The maximum Gasteiger partial charge on any atom is 0.702 e. The van der Waals surface area contributed by atoms with Gasteiger partial charge in [-0.05, 0) is 11.1 Å². The molecule has 0 bridgehead atoms. The van der Waals surface area contributed by atoms with Crippen molar-refractivity contribution in [3.8, 4) is 0 Å². The molecular weight excluding hydrogens is 467 g/mol. The summed E-state index contributed by atoms with van der Waals surface area (Å²) >= 11 is 0. The molecule has 0 aliphatic heterocycles. The molecule has 0 radical (unpaired) electrons. The summed E-state index contributed by atoms with van der Waals surface area (Å²) in [5.41, 5.74) is 2.04. The van der Waals surface area contributed by atoms with E-state index in [1.807, 2.05) is 60.7 Å². The molecule has 0 amide bonds. The average Bonchev–Trinajstić information content (AvgIpc) is 2.85. The van der Waals surface area contributed by atoms with Crippen molar-refractivity contribution in [1.82, 2.24) is 0 Å². The lowest BCUT2D eigenvalue weighted by atomic mass is 10.2. The number of benzene rings is 2. The molecule has 0 aliphatic carbocycles. The molecule has 0 saturated heterocycles. The van der Waals surface area contributed by atoms with Gasteiger partial charge in [0, 0.05) is 4.57 Å². The van der Waals surface area contributed by atoms with E-state index in [9.17, 15) is 4.57 Å². The van der Waals surface area contributed by atoms with Crippen molar-refractivity contribution in [2.45, 2.75) is 25.4 Å². The molecule has 34 heavy (non-hydrogen) atoms. The van der Waals surface area contributed by atoms with Crippen LogP contribution in [0.4, 0.5) is 0 Å². The summed E-state index contributed by atoms with van der Waals surface area (Å²) in [6.45, 7) is 0.749. The standard InChI is InChI=1S/C22H32N2O9P/c23-30-15-21(13-26-11-19-7-3-1-4-8-19)28-17-32-34(25)33-18-29-22(16-31-24)14-27-12-20-9-5-2-6-10-20/h1-10,21-22H,11-18,23-24H2/q+1. The molecule has 11 nitrogen and oxygen atoms in total. The monoisotopic (exact) mass is 499 g/mol. The van der Waals surface area contributed by atoms with E-state index in [1.165, 1.54) is 0 Å². The maximum atomic E-state index is 11.9. The zero-order chi connectivity index (χ0) is 24.3. The number of hydrogen-bond donors (Lipinski definition) is 2. The van der Waals surface area contributed by atoms with Crippen molar-refractivity contribution in [3.63, 3.8) is 0 Å². The minimum Gasteiger partial charge on any atom is -0.374 e. The normalized spacial score (nSPS) is 13.5. The van der Waals surface area contributed by atoms with Crippen LogP contribution in [0.2, 0.25) is 0 Å². The van der Waals surface area contributed by atoms with Gasteiger partial charge in [-0.15, -0.1) is 0 Å². The van der Waals surface area contributed by atoms with Crippen LogP contribution >= 0.6 is 8.25 Å². The minimum absolute atomic E-state index is 0.0721. The summed E-state index contributed by atoms with van der Waals surface area (Å²) in [5, 5.41) is 0. The third-order valence-corrected chi connectivity index (χ3v) is 4.95. The van der Waals surface area contributed by atoms with E-state index in [0.717, 1.165) is 11.1 Å². The van der Waals surface area contributed by atoms with Crippen molar-refractivity contribution >= 4 is 8.25 Å². The topological polar surface area (TPSA) is 143 Å². The van der Waals surface area contributed by atoms with Crippen LogP contribution in [0.5, 0.6) is 0 Å². The van der Waals surface area contributed by atoms with Gasteiger partial charge in [0.05, 0.1) is 39.6 Å². The third-order valence-electron chi connectivity index (χ3n) is 4.32. The van der Waals surface area contributed by atoms with E-state index in [1.54, 1.807) is 0 Å². The van der Waals surface area contributed by atoms with Crippen LogP contribution in [0.1, 0.15) is 11.1 Å². The SMILES string of the molecule is NOCC(COCc1ccccc1)OCO[P+](=O)OCOC(CON)COCc1ccccc1. The molecule has 0 fully saturated rings. The van der Waals surface area contributed by atoms with Crippen LogP contribution in [0.25, 0.3) is 0 Å². The second-order valence-corrected chi connectivity index (χ2v) is 7.93. The Balaban J connectivity index is 1.57. The number of ether oxygens (including phenoxy) is 4. The summed E-state index contributed by atoms with van der Waals surface area (Å²) < 4.78 is 44.0. The molecule has 188 valence electrons. The summed E-state index contributed by atoms with van der Waals surface area (Å²) in [5.74, 6) is 10.3. The maximum absolute atomic E-state index is 11.9. The van der Waals surface area contributed by atoms with E-state index < -0.39 is 20.5 Å². The molecule has 4 N–H and O–H groups in total. The van der Waals surface area contributed by atoms with Crippen molar-refractivity contribution in [2.24, 2.45) is 11.8 Å². The van der Waals surface area contributed by atoms with Crippen molar-refractivity contribution < 1.29 is 42.2 Å². The Hall–Kier alpha value is -1.86. The first kappa shape index (κ1) is 28.4. The van der Waals surface area contributed by atoms with E-state index in [-0.39, 0.29) is 40.0 Å². The summed E-state index contributed by atoms with van der Waals surface area (Å²) in [4.78, 5) is 9.24. The fourth-order valence-electron chi connectivity index (χ4n) is 2.64. The van der Waals surface area contributed by atoms with Gasteiger partial charge < -0.3 is 28.6 Å². The van der Waals surface area contributed by atoms with Crippen LogP contribution < -0.4 is 11.8 Å². The number of hydrogen-bond acceptors (Lipinski definition) is 11. The van der Waals surface area contributed by atoms with Crippen molar-refractivity contribution in [1.29, 1.82) is 0 Å². The molecule has 2 aromatic rings. The third kappa shape index (κ3) is 13.1. The van der Waals surface area contributed by atoms with Gasteiger partial charge in [-0.2, -0.15) is 0 Å². The minimum atomic E-state index is -2.48. The van der Waals surface area contributed by atoms with Gasteiger partial charge in [0.25, 0.3) is 0 Å². The second-order valence-electron chi connectivity index (χ2n) is 6.96. The number of nitrogens with two attached hydrogens (primary N) is 2. The lowest BCUT2D eigenvalue weighted by Crippen LogP contribution is -2.28. The Kier molecular flexibility index (Phi) is 15.4. The van der Waals surface area contributed by atoms with Crippen LogP contribution in [-0.4, -0.2) is 52.2 Å². The first-order valence-corrected chi connectivity index (χ1v) is 11.6. The quantitative estimate of drug-likeness (QED) is 0.158. The van der Waals surface area contributed by atoms with Gasteiger partial charge in [0.15, 0.2) is 0 Å². The van der Waals surface area contributed by atoms with Gasteiger partial charge in [0.1, 0.15) is 12.2 Å². The first-order chi connectivity index (χ1) is 16.7. The molecule has 0 spiro atoms.